The third kappa shape index (κ3) is 1.42. The Bertz CT molecular complexity index is 631. The van der Waals surface area contributed by atoms with Crippen molar-refractivity contribution in [1.29, 1.82) is 0 Å². The summed E-state index contributed by atoms with van der Waals surface area (Å²) in [6.07, 6.45) is 5.55. The highest BCUT2D eigenvalue weighted by Crippen LogP contribution is 2.24. The van der Waals surface area contributed by atoms with E-state index in [0.717, 1.165) is 21.3 Å². The summed E-state index contributed by atoms with van der Waals surface area (Å²) in [6.45, 7) is 0. The molecule has 16 heavy (non-hydrogen) atoms. The number of halogens is 1. The van der Waals surface area contributed by atoms with Crippen LogP contribution in [0.4, 0.5) is 0 Å². The number of rotatable bonds is 1. The minimum Gasteiger partial charge on any atom is -0.298 e. The Balaban J connectivity index is 2.33. The normalized spacial score (nSPS) is 10.8. The molecule has 78 valence electrons. The van der Waals surface area contributed by atoms with Gasteiger partial charge in [-0.15, -0.1) is 0 Å². The number of aromatic nitrogens is 3. The minimum atomic E-state index is 0.895. The van der Waals surface area contributed by atoms with Crippen molar-refractivity contribution in [2.24, 2.45) is 0 Å². The molecule has 3 nitrogen and oxygen atoms in total. The van der Waals surface area contributed by atoms with Crippen LogP contribution in [0, 0.1) is 0 Å². The summed E-state index contributed by atoms with van der Waals surface area (Å²) in [7, 11) is 0. The lowest BCUT2D eigenvalue weighted by molar-refractivity contribution is 1.04. The van der Waals surface area contributed by atoms with Crippen LogP contribution < -0.4 is 0 Å². The lowest BCUT2D eigenvalue weighted by Gasteiger charge is -2.04. The monoisotopic (exact) mass is 273 g/mol. The summed E-state index contributed by atoms with van der Waals surface area (Å²) in [5.74, 6) is 0.895. The molecule has 0 aliphatic carbocycles. The van der Waals surface area contributed by atoms with Crippen molar-refractivity contribution in [3.63, 3.8) is 0 Å². The molecule has 0 radical (unpaired) electrons. The second-order valence-electron chi connectivity index (χ2n) is 3.40. The molecular weight excluding hydrogens is 266 g/mol. The molecule has 0 saturated carbocycles. The van der Waals surface area contributed by atoms with E-state index in [1.165, 1.54) is 0 Å². The van der Waals surface area contributed by atoms with Crippen molar-refractivity contribution >= 4 is 27.0 Å². The third-order valence-electron chi connectivity index (χ3n) is 2.42. The molecule has 0 aliphatic heterocycles. The van der Waals surface area contributed by atoms with Crippen molar-refractivity contribution < 1.29 is 0 Å². The fourth-order valence-electron chi connectivity index (χ4n) is 1.71. The fourth-order valence-corrected chi connectivity index (χ4v) is 2.23. The van der Waals surface area contributed by atoms with Crippen LogP contribution in [0.25, 0.3) is 16.9 Å². The van der Waals surface area contributed by atoms with Crippen LogP contribution in [0.3, 0.4) is 0 Å². The maximum absolute atomic E-state index is 4.33. The second-order valence-corrected chi connectivity index (χ2v) is 4.25. The van der Waals surface area contributed by atoms with Gasteiger partial charge in [0.1, 0.15) is 5.82 Å². The largest absolute Gasteiger partial charge is 0.298 e. The van der Waals surface area contributed by atoms with Crippen molar-refractivity contribution in [3.8, 4) is 5.82 Å². The van der Waals surface area contributed by atoms with E-state index in [1.54, 1.807) is 12.4 Å². The van der Waals surface area contributed by atoms with Gasteiger partial charge >= 0.3 is 0 Å². The van der Waals surface area contributed by atoms with Gasteiger partial charge in [0.05, 0.1) is 11.0 Å². The average Bonchev–Trinajstić information content (AvgIpc) is 2.75. The Hall–Kier alpha value is -1.68. The number of hydrogen-bond acceptors (Lipinski definition) is 2. The van der Waals surface area contributed by atoms with E-state index < -0.39 is 0 Å². The Morgan fingerprint density at radius 2 is 1.94 bits per heavy atom. The van der Waals surface area contributed by atoms with Gasteiger partial charge in [-0.05, 0) is 40.2 Å². The molecule has 0 bridgehead atoms. The van der Waals surface area contributed by atoms with Crippen LogP contribution in [0.1, 0.15) is 0 Å². The first-order valence-corrected chi connectivity index (χ1v) is 5.68. The predicted molar refractivity (Wildman–Crippen MR) is 66.6 cm³/mol. The molecule has 4 heteroatoms. The van der Waals surface area contributed by atoms with Gasteiger partial charge < -0.3 is 0 Å². The summed E-state index contributed by atoms with van der Waals surface area (Å²) in [4.78, 5) is 8.64. The maximum Gasteiger partial charge on any atom is 0.137 e. The van der Waals surface area contributed by atoms with Gasteiger partial charge in [0.15, 0.2) is 0 Å². The van der Waals surface area contributed by atoms with Crippen LogP contribution >= 0.6 is 15.9 Å². The van der Waals surface area contributed by atoms with Gasteiger partial charge in [0, 0.05) is 23.1 Å². The van der Waals surface area contributed by atoms with Crippen LogP contribution in [-0.2, 0) is 0 Å². The van der Waals surface area contributed by atoms with Crippen molar-refractivity contribution in [3.05, 3.63) is 53.4 Å². The molecular formula is C12H8BrN3. The molecule has 3 aromatic heterocycles. The number of fused-ring (bicyclic) bond motifs is 1. The molecule has 3 rings (SSSR count). The summed E-state index contributed by atoms with van der Waals surface area (Å²) in [6, 6.07) is 9.76. The summed E-state index contributed by atoms with van der Waals surface area (Å²) >= 11 is 3.54. The van der Waals surface area contributed by atoms with Gasteiger partial charge in [0.25, 0.3) is 0 Å². The Labute approximate surface area is 101 Å². The second kappa shape index (κ2) is 3.72. The minimum absolute atomic E-state index is 0.895. The van der Waals surface area contributed by atoms with Gasteiger partial charge in [-0.1, -0.05) is 6.07 Å². The first-order chi connectivity index (χ1) is 7.86. The molecule has 3 heterocycles. The Kier molecular flexibility index (Phi) is 2.22. The van der Waals surface area contributed by atoms with Crippen LogP contribution in [0.2, 0.25) is 0 Å². The summed E-state index contributed by atoms with van der Waals surface area (Å²) in [5.41, 5.74) is 2.00. The molecule has 0 N–H and O–H groups in total. The standard InChI is InChI=1S/C12H8BrN3/c13-9-4-7-14-10-5-8-16(12(9)10)11-3-1-2-6-15-11/h1-8H. The van der Waals surface area contributed by atoms with Crippen LogP contribution in [0.15, 0.2) is 53.4 Å². The SMILES string of the molecule is Brc1ccnc2ccn(-c3ccccn3)c12. The highest BCUT2D eigenvalue weighted by molar-refractivity contribution is 9.10. The molecule has 0 spiro atoms. The molecule has 0 atom stereocenters. The molecule has 0 saturated heterocycles. The third-order valence-corrected chi connectivity index (χ3v) is 3.06. The molecule has 0 aliphatic rings. The topological polar surface area (TPSA) is 30.7 Å². The predicted octanol–water partition coefficient (Wildman–Crippen LogP) is 3.18. The molecule has 0 fully saturated rings. The lowest BCUT2D eigenvalue weighted by Crippen LogP contribution is -1.95. The van der Waals surface area contributed by atoms with Gasteiger partial charge in [-0.2, -0.15) is 0 Å². The van der Waals surface area contributed by atoms with Crippen molar-refractivity contribution in [1.82, 2.24) is 14.5 Å². The number of hydrogen-bond donors (Lipinski definition) is 0. The quantitative estimate of drug-likeness (QED) is 0.682. The van der Waals surface area contributed by atoms with Gasteiger partial charge in [-0.3, -0.25) is 9.55 Å². The van der Waals surface area contributed by atoms with E-state index in [2.05, 4.69) is 25.9 Å². The number of nitrogens with zero attached hydrogens (tertiary/aromatic N) is 3. The first kappa shape index (κ1) is 9.54. The molecule has 0 unspecified atom stereocenters. The molecule has 0 amide bonds. The molecule has 3 aromatic rings. The zero-order chi connectivity index (χ0) is 11.0. The maximum atomic E-state index is 4.33. The van der Waals surface area contributed by atoms with E-state index >= 15 is 0 Å². The highest BCUT2D eigenvalue weighted by atomic mass is 79.9. The summed E-state index contributed by atoms with van der Waals surface area (Å²) in [5, 5.41) is 0. The van der Waals surface area contributed by atoms with Gasteiger partial charge in [0.2, 0.25) is 0 Å². The van der Waals surface area contributed by atoms with Crippen molar-refractivity contribution in [2.75, 3.05) is 0 Å². The van der Waals surface area contributed by atoms with E-state index in [9.17, 15) is 0 Å². The Morgan fingerprint density at radius 1 is 1.00 bits per heavy atom. The fraction of sp³-hybridized carbons (Fsp3) is 0. The van der Waals surface area contributed by atoms with Crippen molar-refractivity contribution in [2.45, 2.75) is 0 Å². The Morgan fingerprint density at radius 3 is 2.75 bits per heavy atom. The lowest BCUT2D eigenvalue weighted by atomic mass is 10.4. The van der Waals surface area contributed by atoms with E-state index in [-0.39, 0.29) is 0 Å². The van der Waals surface area contributed by atoms with E-state index in [0.29, 0.717) is 0 Å². The van der Waals surface area contributed by atoms with Crippen LogP contribution in [-0.4, -0.2) is 14.5 Å². The highest BCUT2D eigenvalue weighted by Gasteiger charge is 2.07. The summed E-state index contributed by atoms with van der Waals surface area (Å²) < 4.78 is 3.04. The molecule has 0 aromatic carbocycles. The van der Waals surface area contributed by atoms with E-state index in [4.69, 9.17) is 0 Å². The smallest absolute Gasteiger partial charge is 0.137 e. The number of pyridine rings is 2. The zero-order valence-electron chi connectivity index (χ0n) is 8.34. The average molecular weight is 274 g/mol. The van der Waals surface area contributed by atoms with E-state index in [1.807, 2.05) is 41.1 Å². The van der Waals surface area contributed by atoms with Gasteiger partial charge in [-0.25, -0.2) is 4.98 Å². The zero-order valence-corrected chi connectivity index (χ0v) is 9.92. The van der Waals surface area contributed by atoms with Crippen LogP contribution in [0.5, 0.6) is 0 Å². The first-order valence-electron chi connectivity index (χ1n) is 4.89.